The van der Waals surface area contributed by atoms with Crippen LogP contribution in [0.2, 0.25) is 0 Å². The average Bonchev–Trinajstić information content (AvgIpc) is 2.18. The SMILES string of the molecule is NC(=O)CC[C@@H](NC(=O)C(C(F)(F)F)C(F)(F)F)C(=O)O. The van der Waals surface area contributed by atoms with Crippen molar-refractivity contribution in [1.82, 2.24) is 5.32 Å². The Morgan fingerprint density at radius 1 is 1.05 bits per heavy atom. The predicted octanol–water partition coefficient (Wildman–Crippen LogP) is 0.562. The summed E-state index contributed by atoms with van der Waals surface area (Å²) in [4.78, 5) is 32.1. The van der Waals surface area contributed by atoms with Crippen LogP contribution in [-0.4, -0.2) is 41.3 Å². The Bertz CT molecular complexity index is 405. The smallest absolute Gasteiger partial charge is 0.409 e. The third-order valence-corrected chi connectivity index (χ3v) is 2.21. The molecule has 0 aromatic rings. The molecular formula is C9H10F6N2O4. The standard InChI is InChI=1S/C9H10F6N2O4/c10-8(11,12)5(9(13,14)15)6(19)17-3(7(20)21)1-2-4(16)18/h3,5H,1-2H2,(H2,16,18)(H,17,19)(H,20,21)/t3-/m1/s1. The number of nitrogens with one attached hydrogen (secondary N) is 1. The molecule has 21 heavy (non-hydrogen) atoms. The number of carboxylic acid groups (broad SMARTS) is 1. The topological polar surface area (TPSA) is 109 Å². The van der Waals surface area contributed by atoms with Gasteiger partial charge in [-0.3, -0.25) is 9.59 Å². The molecule has 0 spiro atoms. The van der Waals surface area contributed by atoms with Gasteiger partial charge in [-0.15, -0.1) is 0 Å². The van der Waals surface area contributed by atoms with E-state index in [0.717, 1.165) is 5.32 Å². The monoisotopic (exact) mass is 324 g/mol. The molecule has 1 atom stereocenters. The Morgan fingerprint density at radius 2 is 1.48 bits per heavy atom. The fraction of sp³-hybridized carbons (Fsp3) is 0.667. The van der Waals surface area contributed by atoms with Gasteiger partial charge in [0.25, 0.3) is 0 Å². The summed E-state index contributed by atoms with van der Waals surface area (Å²) in [6.07, 6.45) is -13.2. The van der Waals surface area contributed by atoms with Gasteiger partial charge in [-0.2, -0.15) is 26.3 Å². The highest BCUT2D eigenvalue weighted by atomic mass is 19.4. The van der Waals surface area contributed by atoms with Gasteiger partial charge in [-0.1, -0.05) is 0 Å². The normalized spacial score (nSPS) is 13.9. The summed E-state index contributed by atoms with van der Waals surface area (Å²) in [6, 6.07) is -2.10. The maximum absolute atomic E-state index is 12.2. The first-order chi connectivity index (χ1) is 9.26. The molecular weight excluding hydrogens is 314 g/mol. The van der Waals surface area contributed by atoms with Crippen LogP contribution in [-0.2, 0) is 14.4 Å². The van der Waals surface area contributed by atoms with E-state index in [1.165, 1.54) is 0 Å². The fourth-order valence-electron chi connectivity index (χ4n) is 1.28. The Morgan fingerprint density at radius 3 is 1.76 bits per heavy atom. The van der Waals surface area contributed by atoms with Gasteiger partial charge in [0.05, 0.1) is 0 Å². The first kappa shape index (κ1) is 19.0. The van der Waals surface area contributed by atoms with Crippen LogP contribution in [0, 0.1) is 5.92 Å². The molecule has 0 heterocycles. The molecule has 6 nitrogen and oxygen atoms in total. The number of carbonyl (C=O) groups excluding carboxylic acids is 2. The van der Waals surface area contributed by atoms with Gasteiger partial charge in [0.2, 0.25) is 17.7 Å². The zero-order valence-electron chi connectivity index (χ0n) is 10.1. The van der Waals surface area contributed by atoms with E-state index in [4.69, 9.17) is 5.11 Å². The Kier molecular flexibility index (Phi) is 5.99. The highest BCUT2D eigenvalue weighted by Gasteiger charge is 2.61. The van der Waals surface area contributed by atoms with Crippen LogP contribution in [0.5, 0.6) is 0 Å². The third kappa shape index (κ3) is 6.31. The molecule has 0 unspecified atom stereocenters. The molecule has 0 saturated heterocycles. The van der Waals surface area contributed by atoms with E-state index in [0.29, 0.717) is 0 Å². The summed E-state index contributed by atoms with van der Waals surface area (Å²) in [7, 11) is 0. The minimum absolute atomic E-state index is 0.639. The van der Waals surface area contributed by atoms with Crippen molar-refractivity contribution in [3.8, 4) is 0 Å². The number of aliphatic carboxylic acids is 1. The lowest BCUT2D eigenvalue weighted by atomic mass is 10.1. The first-order valence-corrected chi connectivity index (χ1v) is 5.21. The Hall–Kier alpha value is -2.01. The second kappa shape index (κ2) is 6.63. The van der Waals surface area contributed by atoms with Crippen molar-refractivity contribution in [2.24, 2.45) is 11.7 Å². The van der Waals surface area contributed by atoms with Crippen molar-refractivity contribution in [2.45, 2.75) is 31.2 Å². The van der Waals surface area contributed by atoms with Gasteiger partial charge in [-0.05, 0) is 6.42 Å². The highest BCUT2D eigenvalue weighted by molar-refractivity contribution is 5.86. The summed E-state index contributed by atoms with van der Waals surface area (Å²) in [6.45, 7) is 0. The van der Waals surface area contributed by atoms with Crippen molar-refractivity contribution >= 4 is 17.8 Å². The number of carboxylic acids is 1. The van der Waals surface area contributed by atoms with E-state index in [1.807, 2.05) is 0 Å². The molecule has 0 radical (unpaired) electrons. The molecule has 0 aromatic heterocycles. The van der Waals surface area contributed by atoms with E-state index < -0.39 is 54.9 Å². The van der Waals surface area contributed by atoms with Gasteiger partial charge in [0.1, 0.15) is 6.04 Å². The molecule has 4 N–H and O–H groups in total. The van der Waals surface area contributed by atoms with Gasteiger partial charge < -0.3 is 16.2 Å². The van der Waals surface area contributed by atoms with Crippen molar-refractivity contribution in [1.29, 1.82) is 0 Å². The van der Waals surface area contributed by atoms with Crippen LogP contribution in [0.15, 0.2) is 0 Å². The Labute approximate surface area is 113 Å². The number of rotatable bonds is 6. The number of alkyl halides is 6. The number of halogens is 6. The van der Waals surface area contributed by atoms with Crippen LogP contribution in [0.1, 0.15) is 12.8 Å². The second-order valence-corrected chi connectivity index (χ2v) is 3.92. The minimum atomic E-state index is -5.94. The largest absolute Gasteiger partial charge is 0.480 e. The minimum Gasteiger partial charge on any atom is -0.480 e. The molecule has 0 aliphatic rings. The van der Waals surface area contributed by atoms with Crippen LogP contribution in [0.25, 0.3) is 0 Å². The summed E-state index contributed by atoms with van der Waals surface area (Å²) in [5.41, 5.74) is 4.67. The van der Waals surface area contributed by atoms with Crippen molar-refractivity contribution in [2.75, 3.05) is 0 Å². The quantitative estimate of drug-likeness (QED) is 0.620. The maximum Gasteiger partial charge on any atom is 0.409 e. The summed E-state index contributed by atoms with van der Waals surface area (Å²) in [5.74, 6) is -9.85. The first-order valence-electron chi connectivity index (χ1n) is 5.21. The number of hydrogen-bond donors (Lipinski definition) is 3. The zero-order valence-corrected chi connectivity index (χ0v) is 10.1. The predicted molar refractivity (Wildman–Crippen MR) is 53.6 cm³/mol. The lowest BCUT2D eigenvalue weighted by Crippen LogP contribution is -2.52. The van der Waals surface area contributed by atoms with E-state index in [-0.39, 0.29) is 0 Å². The van der Waals surface area contributed by atoms with E-state index in [9.17, 15) is 40.7 Å². The highest BCUT2D eigenvalue weighted by Crippen LogP contribution is 2.39. The van der Waals surface area contributed by atoms with Gasteiger partial charge in [0, 0.05) is 6.42 Å². The van der Waals surface area contributed by atoms with Crippen LogP contribution >= 0.6 is 0 Å². The molecule has 0 rings (SSSR count). The molecule has 12 heteroatoms. The number of amides is 2. The average molecular weight is 324 g/mol. The molecule has 0 aliphatic heterocycles. The number of hydrogen-bond acceptors (Lipinski definition) is 3. The number of nitrogens with two attached hydrogens (primary N) is 1. The molecule has 0 saturated carbocycles. The van der Waals surface area contributed by atoms with Crippen molar-refractivity contribution in [3.05, 3.63) is 0 Å². The molecule has 0 fully saturated rings. The summed E-state index contributed by atoms with van der Waals surface area (Å²) >= 11 is 0. The van der Waals surface area contributed by atoms with Crippen LogP contribution in [0.4, 0.5) is 26.3 Å². The maximum atomic E-state index is 12.2. The lowest BCUT2D eigenvalue weighted by molar-refractivity contribution is -0.274. The Balaban J connectivity index is 5.10. The van der Waals surface area contributed by atoms with E-state index in [2.05, 4.69) is 5.73 Å². The number of primary amides is 1. The molecule has 0 aliphatic carbocycles. The van der Waals surface area contributed by atoms with Crippen LogP contribution < -0.4 is 11.1 Å². The zero-order chi connectivity index (χ0) is 17.0. The van der Waals surface area contributed by atoms with Crippen LogP contribution in [0.3, 0.4) is 0 Å². The van der Waals surface area contributed by atoms with Crippen molar-refractivity contribution in [3.63, 3.8) is 0 Å². The molecule has 0 aromatic carbocycles. The fourth-order valence-corrected chi connectivity index (χ4v) is 1.28. The van der Waals surface area contributed by atoms with Crippen molar-refractivity contribution < 1.29 is 45.8 Å². The van der Waals surface area contributed by atoms with Gasteiger partial charge in [0.15, 0.2) is 0 Å². The second-order valence-electron chi connectivity index (χ2n) is 3.92. The van der Waals surface area contributed by atoms with E-state index in [1.54, 1.807) is 0 Å². The van der Waals surface area contributed by atoms with E-state index >= 15 is 0 Å². The lowest BCUT2D eigenvalue weighted by Gasteiger charge is -2.24. The summed E-state index contributed by atoms with van der Waals surface area (Å²) < 4.78 is 73.4. The third-order valence-electron chi connectivity index (χ3n) is 2.21. The number of carbonyl (C=O) groups is 3. The molecule has 122 valence electrons. The van der Waals surface area contributed by atoms with Gasteiger partial charge in [-0.25, -0.2) is 4.79 Å². The summed E-state index contributed by atoms with van der Waals surface area (Å²) in [5, 5.41) is 9.69. The molecule has 2 amide bonds. The van der Waals surface area contributed by atoms with Gasteiger partial charge >= 0.3 is 18.3 Å². The molecule has 0 bridgehead atoms.